The minimum Gasteiger partial charge on any atom is -0.493 e. The van der Waals surface area contributed by atoms with E-state index in [1.807, 2.05) is 43.3 Å². The largest absolute Gasteiger partial charge is 0.493 e. The zero-order valence-electron chi connectivity index (χ0n) is 16.0. The molecule has 0 atom stereocenters. The van der Waals surface area contributed by atoms with Crippen molar-refractivity contribution >= 4 is 11.6 Å². The van der Waals surface area contributed by atoms with Crippen LogP contribution in [0, 0.1) is 6.92 Å². The van der Waals surface area contributed by atoms with Gasteiger partial charge in [-0.25, -0.2) is 0 Å². The van der Waals surface area contributed by atoms with Crippen LogP contribution in [0.3, 0.4) is 0 Å². The van der Waals surface area contributed by atoms with Crippen LogP contribution >= 0.6 is 11.6 Å². The molecule has 28 heavy (non-hydrogen) atoms. The Bertz CT molecular complexity index is 984. The van der Waals surface area contributed by atoms with Gasteiger partial charge in [0.15, 0.2) is 11.5 Å². The molecule has 1 N–H and O–H groups in total. The van der Waals surface area contributed by atoms with Gasteiger partial charge in [0.25, 0.3) is 0 Å². The number of unbranched alkanes of at least 4 members (excludes halogenated alkanes) is 1. The molecule has 1 aromatic heterocycles. The fraction of sp³-hybridized carbons (Fsp3) is 0.318. The van der Waals surface area contributed by atoms with E-state index in [4.69, 9.17) is 25.8 Å². The molecule has 1 aliphatic heterocycles. The van der Waals surface area contributed by atoms with Crippen molar-refractivity contribution in [3.63, 3.8) is 0 Å². The highest BCUT2D eigenvalue weighted by molar-refractivity contribution is 6.31. The van der Waals surface area contributed by atoms with E-state index in [0.717, 1.165) is 58.2 Å². The lowest BCUT2D eigenvalue weighted by molar-refractivity contribution is 0.171. The zero-order chi connectivity index (χ0) is 19.5. The summed E-state index contributed by atoms with van der Waals surface area (Å²) >= 11 is 6.30. The average molecular weight is 399 g/mol. The molecule has 5 nitrogen and oxygen atoms in total. The number of nitrogens with one attached hydrogen (secondary N) is 1. The van der Waals surface area contributed by atoms with Crippen molar-refractivity contribution in [2.24, 2.45) is 0 Å². The SMILES string of the molecule is CCCCOc1ccc(Cl)cc1-c1n[nH]c(C)c1-c1ccc2c(c1)OCCO2. The summed E-state index contributed by atoms with van der Waals surface area (Å²) in [6.45, 7) is 5.93. The van der Waals surface area contributed by atoms with Gasteiger partial charge in [-0.3, -0.25) is 5.10 Å². The summed E-state index contributed by atoms with van der Waals surface area (Å²) in [5.74, 6) is 2.30. The van der Waals surface area contributed by atoms with E-state index in [2.05, 4.69) is 17.1 Å². The number of H-pyrrole nitrogens is 1. The molecule has 0 spiro atoms. The van der Waals surface area contributed by atoms with Gasteiger partial charge >= 0.3 is 0 Å². The lowest BCUT2D eigenvalue weighted by Crippen LogP contribution is -2.15. The summed E-state index contributed by atoms with van der Waals surface area (Å²) in [4.78, 5) is 0. The summed E-state index contributed by atoms with van der Waals surface area (Å²) in [6, 6.07) is 11.6. The van der Waals surface area contributed by atoms with E-state index >= 15 is 0 Å². The second kappa shape index (κ2) is 8.15. The molecule has 0 saturated heterocycles. The van der Waals surface area contributed by atoms with E-state index in [1.54, 1.807) is 0 Å². The lowest BCUT2D eigenvalue weighted by atomic mass is 9.98. The monoisotopic (exact) mass is 398 g/mol. The predicted molar refractivity (Wildman–Crippen MR) is 111 cm³/mol. The Morgan fingerprint density at radius 2 is 1.93 bits per heavy atom. The Kier molecular flexibility index (Phi) is 5.44. The number of nitrogens with zero attached hydrogens (tertiary/aromatic N) is 1. The van der Waals surface area contributed by atoms with Gasteiger partial charge in [0.05, 0.1) is 6.61 Å². The van der Waals surface area contributed by atoms with Crippen molar-refractivity contribution < 1.29 is 14.2 Å². The molecule has 0 amide bonds. The van der Waals surface area contributed by atoms with Crippen LogP contribution in [0.15, 0.2) is 36.4 Å². The number of hydrogen-bond donors (Lipinski definition) is 1. The topological polar surface area (TPSA) is 56.4 Å². The Hall–Kier alpha value is -2.66. The molecule has 2 heterocycles. The van der Waals surface area contributed by atoms with E-state index in [0.29, 0.717) is 24.8 Å². The van der Waals surface area contributed by atoms with Crippen molar-refractivity contribution in [2.75, 3.05) is 19.8 Å². The highest BCUT2D eigenvalue weighted by atomic mass is 35.5. The maximum Gasteiger partial charge on any atom is 0.161 e. The molecule has 1 aliphatic rings. The number of aromatic amines is 1. The van der Waals surface area contributed by atoms with Gasteiger partial charge in [-0.2, -0.15) is 5.10 Å². The van der Waals surface area contributed by atoms with Crippen LogP contribution in [0.5, 0.6) is 17.2 Å². The molecular weight excluding hydrogens is 376 g/mol. The first kappa shape index (κ1) is 18.7. The number of benzene rings is 2. The molecule has 3 aromatic rings. The van der Waals surface area contributed by atoms with Gasteiger partial charge in [-0.1, -0.05) is 31.0 Å². The molecule has 0 unspecified atom stereocenters. The molecule has 6 heteroatoms. The Labute approximate surface area is 169 Å². The second-order valence-electron chi connectivity index (χ2n) is 6.77. The maximum absolute atomic E-state index is 6.30. The van der Waals surface area contributed by atoms with Crippen LogP contribution < -0.4 is 14.2 Å². The predicted octanol–water partition coefficient (Wildman–Crippen LogP) is 5.66. The molecule has 0 aliphatic carbocycles. The number of fused-ring (bicyclic) bond motifs is 1. The van der Waals surface area contributed by atoms with Crippen molar-refractivity contribution in [1.82, 2.24) is 10.2 Å². The number of hydrogen-bond acceptors (Lipinski definition) is 4. The van der Waals surface area contributed by atoms with Crippen molar-refractivity contribution in [2.45, 2.75) is 26.7 Å². The first-order valence-electron chi connectivity index (χ1n) is 9.55. The van der Waals surface area contributed by atoms with Gasteiger partial charge in [0.1, 0.15) is 24.7 Å². The molecule has 4 rings (SSSR count). The lowest BCUT2D eigenvalue weighted by Gasteiger charge is -2.19. The smallest absolute Gasteiger partial charge is 0.161 e. The Balaban J connectivity index is 1.78. The third kappa shape index (κ3) is 3.67. The highest BCUT2D eigenvalue weighted by Crippen LogP contribution is 2.42. The third-order valence-corrected chi connectivity index (χ3v) is 4.97. The molecule has 0 saturated carbocycles. The van der Waals surface area contributed by atoms with Gasteiger partial charge < -0.3 is 14.2 Å². The van der Waals surface area contributed by atoms with E-state index in [-0.39, 0.29) is 0 Å². The van der Waals surface area contributed by atoms with Crippen LogP contribution in [0.2, 0.25) is 5.02 Å². The summed E-state index contributed by atoms with van der Waals surface area (Å²) in [5, 5.41) is 8.32. The Morgan fingerprint density at radius 3 is 2.75 bits per heavy atom. The first-order chi connectivity index (χ1) is 13.7. The molecule has 146 valence electrons. The number of aryl methyl sites for hydroxylation is 1. The molecule has 0 fully saturated rings. The van der Waals surface area contributed by atoms with Crippen molar-refractivity contribution in [1.29, 1.82) is 0 Å². The van der Waals surface area contributed by atoms with Crippen LogP contribution in [0.1, 0.15) is 25.5 Å². The summed E-state index contributed by atoms with van der Waals surface area (Å²) in [5.41, 5.74) is 4.65. The molecule has 0 bridgehead atoms. The van der Waals surface area contributed by atoms with Crippen LogP contribution in [0.25, 0.3) is 22.4 Å². The molecule has 2 aromatic carbocycles. The number of rotatable bonds is 6. The maximum atomic E-state index is 6.30. The second-order valence-corrected chi connectivity index (χ2v) is 7.21. The fourth-order valence-electron chi connectivity index (χ4n) is 3.32. The van der Waals surface area contributed by atoms with Crippen LogP contribution in [0.4, 0.5) is 0 Å². The normalized spacial score (nSPS) is 12.8. The number of ether oxygens (including phenoxy) is 3. The van der Waals surface area contributed by atoms with Crippen molar-refractivity contribution in [3.8, 4) is 39.6 Å². The molecule has 0 radical (unpaired) electrons. The van der Waals surface area contributed by atoms with Crippen LogP contribution in [-0.2, 0) is 0 Å². The summed E-state index contributed by atoms with van der Waals surface area (Å²) < 4.78 is 17.4. The quantitative estimate of drug-likeness (QED) is 0.544. The highest BCUT2D eigenvalue weighted by Gasteiger charge is 2.21. The minimum absolute atomic E-state index is 0.553. The Morgan fingerprint density at radius 1 is 1.11 bits per heavy atom. The van der Waals surface area contributed by atoms with Crippen molar-refractivity contribution in [3.05, 3.63) is 47.1 Å². The number of halogens is 1. The summed E-state index contributed by atoms with van der Waals surface area (Å²) in [6.07, 6.45) is 2.07. The third-order valence-electron chi connectivity index (χ3n) is 4.73. The first-order valence-corrected chi connectivity index (χ1v) is 9.93. The van der Waals surface area contributed by atoms with Crippen LogP contribution in [-0.4, -0.2) is 30.0 Å². The minimum atomic E-state index is 0.553. The molecular formula is C22H23ClN2O3. The zero-order valence-corrected chi connectivity index (χ0v) is 16.8. The fourth-order valence-corrected chi connectivity index (χ4v) is 3.49. The number of aromatic nitrogens is 2. The van der Waals surface area contributed by atoms with E-state index in [9.17, 15) is 0 Å². The van der Waals surface area contributed by atoms with E-state index in [1.165, 1.54) is 0 Å². The average Bonchev–Trinajstić information content (AvgIpc) is 3.10. The van der Waals surface area contributed by atoms with E-state index < -0.39 is 0 Å². The van der Waals surface area contributed by atoms with Gasteiger partial charge in [0.2, 0.25) is 0 Å². The van der Waals surface area contributed by atoms with Gasteiger partial charge in [-0.15, -0.1) is 0 Å². The summed E-state index contributed by atoms with van der Waals surface area (Å²) in [7, 11) is 0. The standard InChI is InChI=1S/C22H23ClN2O3/c1-3-4-9-26-18-8-6-16(23)13-17(18)22-21(14(2)24-25-22)15-5-7-19-20(12-15)28-11-10-27-19/h5-8,12-13H,3-4,9-11H2,1-2H3,(H,24,25). The van der Waals surface area contributed by atoms with Gasteiger partial charge in [0, 0.05) is 21.8 Å². The van der Waals surface area contributed by atoms with Gasteiger partial charge in [-0.05, 0) is 49.2 Å².